The average Bonchev–Trinajstić information content (AvgIpc) is 3.16. The molecule has 0 aliphatic heterocycles. The lowest BCUT2D eigenvalue weighted by atomic mass is 10.3. The fraction of sp³-hybridized carbons (Fsp3) is 0.385. The van der Waals surface area contributed by atoms with E-state index in [9.17, 15) is 13.6 Å². The van der Waals surface area contributed by atoms with Crippen molar-refractivity contribution in [2.24, 2.45) is 0 Å². The van der Waals surface area contributed by atoms with Crippen LogP contribution in [0.3, 0.4) is 0 Å². The van der Waals surface area contributed by atoms with Crippen LogP contribution in [0.15, 0.2) is 18.2 Å². The highest BCUT2D eigenvalue weighted by molar-refractivity contribution is 7.19. The summed E-state index contributed by atoms with van der Waals surface area (Å²) in [7, 11) is 1.74. The van der Waals surface area contributed by atoms with E-state index in [0.29, 0.717) is 21.9 Å². The van der Waals surface area contributed by atoms with Crippen LogP contribution < -0.4 is 5.32 Å². The second-order valence-corrected chi connectivity index (χ2v) is 5.81. The molecule has 1 aromatic heterocycles. The molecular formula is C13H13F2N3OS. The summed E-state index contributed by atoms with van der Waals surface area (Å²) in [5, 5.41) is 2.55. The number of hydrogen-bond donors (Lipinski definition) is 1. The van der Waals surface area contributed by atoms with E-state index in [2.05, 4.69) is 10.3 Å². The van der Waals surface area contributed by atoms with Crippen LogP contribution in [0.1, 0.15) is 24.3 Å². The number of hydrogen-bond acceptors (Lipinski definition) is 3. The van der Waals surface area contributed by atoms with Crippen LogP contribution in [0.25, 0.3) is 10.2 Å². The summed E-state index contributed by atoms with van der Waals surface area (Å²) in [6, 6.07) is 5.15. The highest BCUT2D eigenvalue weighted by Crippen LogP contribution is 2.34. The molecular weight excluding hydrogens is 284 g/mol. The quantitative estimate of drug-likeness (QED) is 0.935. The summed E-state index contributed by atoms with van der Waals surface area (Å²) in [5.41, 5.74) is 1.02. The second-order valence-electron chi connectivity index (χ2n) is 4.78. The number of halogens is 2. The number of urea groups is 1. The zero-order chi connectivity index (χ0) is 14.3. The van der Waals surface area contributed by atoms with E-state index >= 15 is 0 Å². The van der Waals surface area contributed by atoms with Gasteiger partial charge in [-0.15, -0.1) is 11.3 Å². The zero-order valence-corrected chi connectivity index (χ0v) is 11.6. The molecule has 0 saturated heterocycles. The molecule has 7 heteroatoms. The largest absolute Gasteiger partial charge is 0.325 e. The monoisotopic (exact) mass is 297 g/mol. The lowest BCUT2D eigenvalue weighted by Crippen LogP contribution is -2.33. The predicted molar refractivity (Wildman–Crippen MR) is 74.4 cm³/mol. The van der Waals surface area contributed by atoms with Crippen LogP contribution in [-0.4, -0.2) is 29.0 Å². The maximum absolute atomic E-state index is 12.7. The van der Waals surface area contributed by atoms with Crippen molar-refractivity contribution in [3.8, 4) is 0 Å². The Morgan fingerprint density at radius 3 is 2.90 bits per heavy atom. The predicted octanol–water partition coefficient (Wildman–Crippen LogP) is 3.86. The van der Waals surface area contributed by atoms with Gasteiger partial charge in [0.25, 0.3) is 6.43 Å². The average molecular weight is 297 g/mol. The summed E-state index contributed by atoms with van der Waals surface area (Å²) >= 11 is 0.915. The minimum absolute atomic E-state index is 0.216. The lowest BCUT2D eigenvalue weighted by Gasteiger charge is -2.17. The minimum Gasteiger partial charge on any atom is -0.325 e. The Morgan fingerprint density at radius 1 is 1.50 bits per heavy atom. The van der Waals surface area contributed by atoms with Gasteiger partial charge in [0.2, 0.25) is 0 Å². The Balaban J connectivity index is 1.88. The SMILES string of the molecule is CN(C(=O)Nc1cccc2nc(C(F)F)sc12)C1CC1. The van der Waals surface area contributed by atoms with Crippen molar-refractivity contribution in [3.63, 3.8) is 0 Å². The van der Waals surface area contributed by atoms with E-state index in [1.165, 1.54) is 0 Å². The number of benzene rings is 1. The fourth-order valence-electron chi connectivity index (χ4n) is 1.99. The first-order valence-electron chi connectivity index (χ1n) is 6.27. The van der Waals surface area contributed by atoms with Crippen molar-refractivity contribution in [1.29, 1.82) is 0 Å². The minimum atomic E-state index is -2.59. The van der Waals surface area contributed by atoms with Gasteiger partial charge >= 0.3 is 6.03 Å². The number of nitrogens with zero attached hydrogens (tertiary/aromatic N) is 2. The molecule has 3 rings (SSSR count). The zero-order valence-electron chi connectivity index (χ0n) is 10.8. The number of fused-ring (bicyclic) bond motifs is 1. The van der Waals surface area contributed by atoms with Crippen molar-refractivity contribution < 1.29 is 13.6 Å². The maximum Gasteiger partial charge on any atom is 0.321 e. The van der Waals surface area contributed by atoms with Gasteiger partial charge in [0.1, 0.15) is 0 Å². The Hall–Kier alpha value is -1.76. The van der Waals surface area contributed by atoms with Crippen molar-refractivity contribution in [2.75, 3.05) is 12.4 Å². The van der Waals surface area contributed by atoms with Gasteiger partial charge in [0.15, 0.2) is 5.01 Å². The highest BCUT2D eigenvalue weighted by atomic mass is 32.1. The number of anilines is 1. The highest BCUT2D eigenvalue weighted by Gasteiger charge is 2.29. The van der Waals surface area contributed by atoms with Gasteiger partial charge in [0.05, 0.1) is 15.9 Å². The summed E-state index contributed by atoms with van der Waals surface area (Å²) < 4.78 is 26.0. The summed E-state index contributed by atoms with van der Waals surface area (Å²) in [6.45, 7) is 0. The molecule has 1 aromatic carbocycles. The third-order valence-electron chi connectivity index (χ3n) is 3.27. The van der Waals surface area contributed by atoms with Gasteiger partial charge in [-0.05, 0) is 25.0 Å². The van der Waals surface area contributed by atoms with Crippen LogP contribution in [0.5, 0.6) is 0 Å². The molecule has 1 aliphatic rings. The van der Waals surface area contributed by atoms with Gasteiger partial charge in [-0.1, -0.05) is 6.07 Å². The molecule has 0 bridgehead atoms. The molecule has 1 heterocycles. The normalized spacial score (nSPS) is 14.8. The fourth-order valence-corrected chi connectivity index (χ4v) is 2.88. The van der Waals surface area contributed by atoms with E-state index in [1.807, 2.05) is 0 Å². The molecule has 1 fully saturated rings. The molecule has 1 aliphatic carbocycles. The second kappa shape index (κ2) is 4.97. The van der Waals surface area contributed by atoms with E-state index in [-0.39, 0.29) is 11.0 Å². The molecule has 0 unspecified atom stereocenters. The van der Waals surface area contributed by atoms with Crippen LogP contribution in [0.2, 0.25) is 0 Å². The molecule has 20 heavy (non-hydrogen) atoms. The number of amides is 2. The van der Waals surface area contributed by atoms with Crippen molar-refractivity contribution in [1.82, 2.24) is 9.88 Å². The van der Waals surface area contributed by atoms with Gasteiger partial charge < -0.3 is 10.2 Å². The molecule has 1 N–H and O–H groups in total. The molecule has 2 amide bonds. The number of carbonyl (C=O) groups is 1. The molecule has 4 nitrogen and oxygen atoms in total. The van der Waals surface area contributed by atoms with E-state index in [1.54, 1.807) is 30.1 Å². The number of carbonyl (C=O) groups excluding carboxylic acids is 1. The number of alkyl halides is 2. The first-order valence-corrected chi connectivity index (χ1v) is 7.09. The summed E-state index contributed by atoms with van der Waals surface area (Å²) in [4.78, 5) is 17.6. The van der Waals surface area contributed by atoms with E-state index in [0.717, 1.165) is 24.2 Å². The van der Waals surface area contributed by atoms with Crippen molar-refractivity contribution >= 4 is 33.3 Å². The molecule has 2 aromatic rings. The maximum atomic E-state index is 12.7. The van der Waals surface area contributed by atoms with Crippen LogP contribution in [0.4, 0.5) is 19.3 Å². The number of thiazole rings is 1. The molecule has 0 atom stereocenters. The third kappa shape index (κ3) is 2.45. The van der Waals surface area contributed by atoms with Gasteiger partial charge in [-0.25, -0.2) is 18.6 Å². The van der Waals surface area contributed by atoms with E-state index < -0.39 is 6.43 Å². The first kappa shape index (κ1) is 13.2. The molecule has 1 saturated carbocycles. The lowest BCUT2D eigenvalue weighted by molar-refractivity contribution is 0.151. The van der Waals surface area contributed by atoms with Crippen LogP contribution in [-0.2, 0) is 0 Å². The number of rotatable bonds is 3. The number of nitrogens with one attached hydrogen (secondary N) is 1. The molecule has 0 spiro atoms. The Labute approximate surface area is 118 Å². The van der Waals surface area contributed by atoms with Crippen molar-refractivity contribution in [2.45, 2.75) is 25.3 Å². The Bertz CT molecular complexity index is 654. The van der Waals surface area contributed by atoms with Gasteiger partial charge in [-0.3, -0.25) is 0 Å². The smallest absolute Gasteiger partial charge is 0.321 e. The Kier molecular flexibility index (Phi) is 3.29. The van der Waals surface area contributed by atoms with Crippen LogP contribution in [0, 0.1) is 0 Å². The summed E-state index contributed by atoms with van der Waals surface area (Å²) in [6.07, 6.45) is -0.556. The van der Waals surface area contributed by atoms with Crippen molar-refractivity contribution in [3.05, 3.63) is 23.2 Å². The Morgan fingerprint density at radius 2 is 2.25 bits per heavy atom. The number of aromatic nitrogens is 1. The third-order valence-corrected chi connectivity index (χ3v) is 4.39. The first-order chi connectivity index (χ1) is 9.56. The standard InChI is InChI=1S/C13H13F2N3OS/c1-18(7-5-6-7)13(19)17-9-4-2-3-8-10(9)20-12(16-8)11(14)15/h2-4,7,11H,5-6H2,1H3,(H,17,19). The molecule has 0 radical (unpaired) electrons. The summed E-state index contributed by atoms with van der Waals surface area (Å²) in [5.74, 6) is 0. The van der Waals surface area contributed by atoms with Gasteiger partial charge in [0, 0.05) is 13.1 Å². The van der Waals surface area contributed by atoms with Crippen LogP contribution >= 0.6 is 11.3 Å². The molecule has 106 valence electrons. The topological polar surface area (TPSA) is 45.2 Å². The van der Waals surface area contributed by atoms with E-state index in [4.69, 9.17) is 0 Å². The van der Waals surface area contributed by atoms with Gasteiger partial charge in [-0.2, -0.15) is 0 Å².